The van der Waals surface area contributed by atoms with Crippen molar-refractivity contribution in [3.8, 4) is 6.07 Å². The van der Waals surface area contributed by atoms with Crippen LogP contribution in [0.1, 0.15) is 112 Å². The minimum atomic E-state index is -0.646. The van der Waals surface area contributed by atoms with Crippen molar-refractivity contribution in [1.29, 1.82) is 5.26 Å². The maximum Gasteiger partial charge on any atom is 0.303 e. The SMILES string of the molecule is C/C(CCCCC#N)=C1/CCC2(C)C(CC[C@@H]2C(C)CCCC(C)C)[C@@H]1CC(=O)O. The lowest BCUT2D eigenvalue weighted by Crippen LogP contribution is -2.41. The monoisotopic (exact) mass is 415 g/mol. The van der Waals surface area contributed by atoms with Gasteiger partial charge in [-0.3, -0.25) is 4.79 Å². The predicted molar refractivity (Wildman–Crippen MR) is 124 cm³/mol. The first-order valence-electron chi connectivity index (χ1n) is 12.5. The average Bonchev–Trinajstić information content (AvgIpc) is 3.02. The van der Waals surface area contributed by atoms with Crippen LogP contribution in [0.25, 0.3) is 0 Å². The van der Waals surface area contributed by atoms with Crippen LogP contribution in [0.2, 0.25) is 0 Å². The average molecular weight is 416 g/mol. The number of unbranched alkanes of at least 4 members (excludes halogenated alkanes) is 2. The third kappa shape index (κ3) is 6.12. The van der Waals surface area contributed by atoms with Gasteiger partial charge >= 0.3 is 5.97 Å². The first kappa shape index (κ1) is 25.0. The van der Waals surface area contributed by atoms with Crippen molar-refractivity contribution in [3.05, 3.63) is 11.1 Å². The number of hydrogen-bond acceptors (Lipinski definition) is 2. The number of carboxylic acids is 1. The van der Waals surface area contributed by atoms with Crippen molar-refractivity contribution < 1.29 is 9.90 Å². The van der Waals surface area contributed by atoms with E-state index in [9.17, 15) is 9.90 Å². The zero-order chi connectivity index (χ0) is 22.3. The van der Waals surface area contributed by atoms with Gasteiger partial charge in [-0.15, -0.1) is 0 Å². The molecule has 0 aliphatic heterocycles. The maximum atomic E-state index is 11.8. The van der Waals surface area contributed by atoms with Gasteiger partial charge in [0.1, 0.15) is 0 Å². The lowest BCUT2D eigenvalue weighted by molar-refractivity contribution is -0.138. The Morgan fingerprint density at radius 3 is 2.57 bits per heavy atom. The Balaban J connectivity index is 2.15. The van der Waals surface area contributed by atoms with E-state index in [-0.39, 0.29) is 5.92 Å². The van der Waals surface area contributed by atoms with Crippen LogP contribution in [0, 0.1) is 46.3 Å². The summed E-state index contributed by atoms with van der Waals surface area (Å²) in [5.74, 6) is 2.34. The largest absolute Gasteiger partial charge is 0.481 e. The molecule has 2 saturated carbocycles. The van der Waals surface area contributed by atoms with Crippen LogP contribution in [0.3, 0.4) is 0 Å². The molecule has 0 amide bonds. The van der Waals surface area contributed by atoms with Crippen molar-refractivity contribution in [3.63, 3.8) is 0 Å². The van der Waals surface area contributed by atoms with Gasteiger partial charge in [0.25, 0.3) is 0 Å². The Labute approximate surface area is 185 Å². The molecule has 2 aliphatic carbocycles. The summed E-state index contributed by atoms with van der Waals surface area (Å²) in [6, 6.07) is 2.23. The van der Waals surface area contributed by atoms with Crippen LogP contribution >= 0.6 is 0 Å². The lowest BCUT2D eigenvalue weighted by Gasteiger charge is -2.48. The summed E-state index contributed by atoms with van der Waals surface area (Å²) in [4.78, 5) is 11.8. The fourth-order valence-corrected chi connectivity index (χ4v) is 6.88. The van der Waals surface area contributed by atoms with E-state index in [1.54, 1.807) is 0 Å². The molecule has 0 heterocycles. The molecule has 0 spiro atoms. The number of rotatable bonds is 11. The molecule has 0 radical (unpaired) electrons. The van der Waals surface area contributed by atoms with Gasteiger partial charge in [0, 0.05) is 6.42 Å². The third-order valence-electron chi connectivity index (χ3n) is 8.51. The van der Waals surface area contributed by atoms with E-state index in [0.717, 1.165) is 43.4 Å². The van der Waals surface area contributed by atoms with E-state index in [1.165, 1.54) is 49.7 Å². The number of allylic oxidation sites excluding steroid dienone is 2. The van der Waals surface area contributed by atoms with Crippen LogP contribution in [0.15, 0.2) is 11.1 Å². The normalized spacial score (nSPS) is 31.3. The number of aliphatic carboxylic acids is 1. The summed E-state index contributed by atoms with van der Waals surface area (Å²) in [6.45, 7) is 11.8. The van der Waals surface area contributed by atoms with Crippen LogP contribution in [-0.4, -0.2) is 11.1 Å². The summed E-state index contributed by atoms with van der Waals surface area (Å²) < 4.78 is 0. The zero-order valence-corrected chi connectivity index (χ0v) is 20.2. The van der Waals surface area contributed by atoms with Crippen molar-refractivity contribution in [2.45, 2.75) is 112 Å². The molecule has 3 unspecified atom stereocenters. The van der Waals surface area contributed by atoms with E-state index < -0.39 is 5.97 Å². The molecule has 2 rings (SSSR count). The number of nitrogens with zero attached hydrogens (tertiary/aromatic N) is 1. The second-order valence-corrected chi connectivity index (χ2v) is 11.0. The van der Waals surface area contributed by atoms with Crippen LogP contribution in [-0.2, 0) is 4.79 Å². The van der Waals surface area contributed by atoms with Gasteiger partial charge in [-0.1, -0.05) is 58.1 Å². The summed E-state index contributed by atoms with van der Waals surface area (Å²) in [6.07, 6.45) is 12.6. The van der Waals surface area contributed by atoms with Crippen LogP contribution in [0.4, 0.5) is 0 Å². The van der Waals surface area contributed by atoms with Crippen molar-refractivity contribution in [1.82, 2.24) is 0 Å². The summed E-state index contributed by atoms with van der Waals surface area (Å²) in [5, 5.41) is 18.5. The lowest BCUT2D eigenvalue weighted by atomic mass is 9.56. The molecular weight excluding hydrogens is 370 g/mol. The van der Waals surface area contributed by atoms with E-state index in [2.05, 4.69) is 40.7 Å². The van der Waals surface area contributed by atoms with Gasteiger partial charge in [-0.2, -0.15) is 5.26 Å². The van der Waals surface area contributed by atoms with Crippen molar-refractivity contribution in [2.75, 3.05) is 0 Å². The predicted octanol–water partition coefficient (Wildman–Crippen LogP) is 7.77. The standard InChI is InChI=1S/C27H45NO2/c1-19(2)10-9-12-21(4)24-13-14-25-23(18-26(29)30)22(15-16-27(24,25)5)20(3)11-7-6-8-17-28/h19,21,23-25H,6-16,18H2,1-5H3,(H,29,30)/b22-20+/t21?,23-,24-,25?,27?/m1/s1. The maximum absolute atomic E-state index is 11.8. The highest BCUT2D eigenvalue weighted by Crippen LogP contribution is 2.62. The van der Waals surface area contributed by atoms with Gasteiger partial charge in [-0.25, -0.2) is 0 Å². The van der Waals surface area contributed by atoms with Crippen molar-refractivity contribution >= 4 is 5.97 Å². The second kappa shape index (κ2) is 11.4. The Kier molecular flexibility index (Phi) is 9.45. The molecule has 170 valence electrons. The molecule has 0 saturated heterocycles. The first-order chi connectivity index (χ1) is 14.2. The van der Waals surface area contributed by atoms with Gasteiger partial charge < -0.3 is 5.11 Å². The van der Waals surface area contributed by atoms with Gasteiger partial charge in [0.2, 0.25) is 0 Å². The molecule has 0 bridgehead atoms. The molecule has 0 aromatic carbocycles. The summed E-state index contributed by atoms with van der Waals surface area (Å²) in [5.41, 5.74) is 3.15. The van der Waals surface area contributed by atoms with Crippen LogP contribution in [0.5, 0.6) is 0 Å². The van der Waals surface area contributed by atoms with E-state index in [0.29, 0.717) is 24.2 Å². The number of fused-ring (bicyclic) bond motifs is 1. The fourth-order valence-electron chi connectivity index (χ4n) is 6.88. The summed E-state index contributed by atoms with van der Waals surface area (Å²) in [7, 11) is 0. The number of carbonyl (C=O) groups is 1. The van der Waals surface area contributed by atoms with Gasteiger partial charge in [0.05, 0.1) is 12.5 Å². The van der Waals surface area contributed by atoms with E-state index in [1.807, 2.05) is 0 Å². The smallest absolute Gasteiger partial charge is 0.303 e. The highest BCUT2D eigenvalue weighted by Gasteiger charge is 2.53. The number of hydrogen-bond donors (Lipinski definition) is 1. The highest BCUT2D eigenvalue weighted by atomic mass is 16.4. The molecular formula is C27H45NO2. The molecule has 3 heteroatoms. The quantitative estimate of drug-likeness (QED) is 0.277. The van der Waals surface area contributed by atoms with Gasteiger partial charge in [0.15, 0.2) is 0 Å². The molecule has 0 aromatic rings. The van der Waals surface area contributed by atoms with Crippen LogP contribution < -0.4 is 0 Å². The van der Waals surface area contributed by atoms with E-state index >= 15 is 0 Å². The number of carboxylic acid groups (broad SMARTS) is 1. The molecule has 1 N–H and O–H groups in total. The highest BCUT2D eigenvalue weighted by molar-refractivity contribution is 5.67. The second-order valence-electron chi connectivity index (χ2n) is 11.0. The minimum Gasteiger partial charge on any atom is -0.481 e. The summed E-state index contributed by atoms with van der Waals surface area (Å²) >= 11 is 0. The fraction of sp³-hybridized carbons (Fsp3) is 0.852. The van der Waals surface area contributed by atoms with Gasteiger partial charge in [-0.05, 0) is 86.9 Å². The Hall–Kier alpha value is -1.30. The van der Waals surface area contributed by atoms with E-state index in [4.69, 9.17) is 5.26 Å². The molecule has 0 aromatic heterocycles. The Bertz CT molecular complexity index is 644. The topological polar surface area (TPSA) is 61.1 Å². The molecule has 2 fully saturated rings. The Morgan fingerprint density at radius 1 is 1.20 bits per heavy atom. The minimum absolute atomic E-state index is 0.213. The number of nitriles is 1. The van der Waals surface area contributed by atoms with Crippen molar-refractivity contribution in [2.24, 2.45) is 35.0 Å². The zero-order valence-electron chi connectivity index (χ0n) is 20.2. The Morgan fingerprint density at radius 2 is 1.93 bits per heavy atom. The first-order valence-corrected chi connectivity index (χ1v) is 12.5. The third-order valence-corrected chi connectivity index (χ3v) is 8.51. The molecule has 2 aliphatic rings. The molecule has 30 heavy (non-hydrogen) atoms. The molecule has 5 atom stereocenters. The molecule has 3 nitrogen and oxygen atoms in total.